The van der Waals surface area contributed by atoms with Crippen molar-refractivity contribution in [3.05, 3.63) is 58.8 Å². The second-order valence-corrected chi connectivity index (χ2v) is 8.13. The summed E-state index contributed by atoms with van der Waals surface area (Å²) in [4.78, 5) is 30.0. The molecule has 0 aliphatic carbocycles. The van der Waals surface area contributed by atoms with Crippen LogP contribution in [0.4, 0.5) is 0 Å². The average molecular weight is 410 g/mol. The van der Waals surface area contributed by atoms with Gasteiger partial charge in [0.1, 0.15) is 11.3 Å². The number of hydrogen-bond acceptors (Lipinski definition) is 6. The third-order valence-corrected chi connectivity index (χ3v) is 5.82. The second kappa shape index (κ2) is 8.53. The van der Waals surface area contributed by atoms with Crippen molar-refractivity contribution in [2.45, 2.75) is 38.0 Å². The summed E-state index contributed by atoms with van der Waals surface area (Å²) in [5.41, 5.74) is -0.582. The van der Waals surface area contributed by atoms with Crippen LogP contribution in [-0.2, 0) is 11.3 Å². The van der Waals surface area contributed by atoms with Crippen molar-refractivity contribution in [1.82, 2.24) is 14.9 Å². The minimum atomic E-state index is -0.956. The van der Waals surface area contributed by atoms with E-state index in [1.54, 1.807) is 43.5 Å². The van der Waals surface area contributed by atoms with E-state index in [2.05, 4.69) is 16.4 Å². The van der Waals surface area contributed by atoms with E-state index in [4.69, 9.17) is 4.42 Å². The lowest BCUT2D eigenvalue weighted by molar-refractivity contribution is -0.120. The highest BCUT2D eigenvalue weighted by Crippen LogP contribution is 2.20. The van der Waals surface area contributed by atoms with Gasteiger partial charge in [-0.25, -0.2) is 4.98 Å². The number of amides is 1. The fourth-order valence-corrected chi connectivity index (χ4v) is 3.51. The van der Waals surface area contributed by atoms with Gasteiger partial charge in [0.25, 0.3) is 5.56 Å². The fraction of sp³-hybridized carbons (Fsp3) is 0.333. The van der Waals surface area contributed by atoms with Gasteiger partial charge >= 0.3 is 0 Å². The molecule has 8 heteroatoms. The van der Waals surface area contributed by atoms with Crippen molar-refractivity contribution in [1.29, 1.82) is 5.26 Å². The zero-order valence-electron chi connectivity index (χ0n) is 16.5. The number of fused-ring (bicyclic) bond motifs is 1. The summed E-state index contributed by atoms with van der Waals surface area (Å²) in [6, 6.07) is 12.8. The van der Waals surface area contributed by atoms with Gasteiger partial charge in [-0.05, 0) is 37.1 Å². The highest BCUT2D eigenvalue weighted by molar-refractivity contribution is 7.99. The number of para-hydroxylation sites is 1. The molecule has 0 bridgehead atoms. The number of carbonyl (C=O) groups excluding carboxylic acids is 1. The van der Waals surface area contributed by atoms with Gasteiger partial charge in [0.2, 0.25) is 5.91 Å². The Morgan fingerprint density at radius 1 is 1.34 bits per heavy atom. The van der Waals surface area contributed by atoms with Crippen molar-refractivity contribution in [2.24, 2.45) is 5.92 Å². The Kier molecular flexibility index (Phi) is 6.09. The van der Waals surface area contributed by atoms with Crippen LogP contribution < -0.4 is 10.9 Å². The number of nitrogens with one attached hydrogen (secondary N) is 1. The summed E-state index contributed by atoms with van der Waals surface area (Å²) >= 11 is 1.16. The molecule has 0 fully saturated rings. The number of aromatic nitrogens is 2. The van der Waals surface area contributed by atoms with Gasteiger partial charge in [-0.1, -0.05) is 37.7 Å². The minimum Gasteiger partial charge on any atom is -0.467 e. The molecular formula is C21H22N4O3S. The zero-order valence-corrected chi connectivity index (χ0v) is 17.3. The third-order valence-electron chi connectivity index (χ3n) is 4.84. The molecule has 0 aliphatic rings. The lowest BCUT2D eigenvalue weighted by atomic mass is 9.90. The molecule has 1 amide bonds. The first-order valence-corrected chi connectivity index (χ1v) is 10.2. The maximum absolute atomic E-state index is 13.0. The van der Waals surface area contributed by atoms with E-state index in [-0.39, 0.29) is 29.7 Å². The Labute approximate surface area is 172 Å². The first-order chi connectivity index (χ1) is 13.8. The van der Waals surface area contributed by atoms with Crippen molar-refractivity contribution in [3.8, 4) is 6.07 Å². The monoisotopic (exact) mass is 410 g/mol. The molecule has 7 nitrogen and oxygen atoms in total. The van der Waals surface area contributed by atoms with Gasteiger partial charge in [0.05, 0.1) is 35.5 Å². The van der Waals surface area contributed by atoms with Gasteiger partial charge in [0, 0.05) is 0 Å². The number of furan rings is 1. The number of thioether (sulfide) groups is 1. The van der Waals surface area contributed by atoms with E-state index >= 15 is 0 Å². The van der Waals surface area contributed by atoms with E-state index in [9.17, 15) is 14.9 Å². The van der Waals surface area contributed by atoms with Gasteiger partial charge in [0.15, 0.2) is 5.16 Å². The van der Waals surface area contributed by atoms with Crippen LogP contribution in [0, 0.1) is 17.2 Å². The molecule has 0 unspecified atom stereocenters. The Bertz CT molecular complexity index is 1120. The van der Waals surface area contributed by atoms with E-state index in [0.717, 1.165) is 11.8 Å². The largest absolute Gasteiger partial charge is 0.467 e. The van der Waals surface area contributed by atoms with E-state index in [1.807, 2.05) is 19.9 Å². The summed E-state index contributed by atoms with van der Waals surface area (Å²) in [5, 5.41) is 13.1. The molecule has 1 aromatic carbocycles. The normalized spacial score (nSPS) is 13.2. The molecular weight excluding hydrogens is 388 g/mol. The molecule has 1 atom stereocenters. The van der Waals surface area contributed by atoms with Crippen molar-refractivity contribution in [2.75, 3.05) is 5.75 Å². The van der Waals surface area contributed by atoms with Crippen LogP contribution >= 0.6 is 11.8 Å². The van der Waals surface area contributed by atoms with E-state index in [0.29, 0.717) is 21.8 Å². The molecule has 3 rings (SSSR count). The number of carbonyl (C=O) groups is 1. The lowest BCUT2D eigenvalue weighted by Crippen LogP contribution is -2.49. The van der Waals surface area contributed by atoms with Crippen molar-refractivity contribution < 1.29 is 9.21 Å². The molecule has 0 aliphatic heterocycles. The highest BCUT2D eigenvalue weighted by atomic mass is 32.2. The molecule has 0 radical (unpaired) electrons. The van der Waals surface area contributed by atoms with Crippen LogP contribution in [0.2, 0.25) is 0 Å². The molecule has 1 N–H and O–H groups in total. The van der Waals surface area contributed by atoms with Crippen LogP contribution in [0.25, 0.3) is 10.9 Å². The van der Waals surface area contributed by atoms with Gasteiger partial charge in [-0.2, -0.15) is 5.26 Å². The number of benzene rings is 1. The number of hydrogen-bond donors (Lipinski definition) is 1. The smallest absolute Gasteiger partial charge is 0.262 e. The maximum Gasteiger partial charge on any atom is 0.262 e. The highest BCUT2D eigenvalue weighted by Gasteiger charge is 2.30. The zero-order chi connectivity index (χ0) is 21.0. The summed E-state index contributed by atoms with van der Waals surface area (Å²) in [7, 11) is 0. The SMILES string of the molecule is CC(C)[C@@](C)(C#N)NC(=O)CSc1nc2ccccc2c(=O)n1Cc1ccco1. The molecule has 0 saturated heterocycles. The standard InChI is InChI=1S/C21H22N4O3S/c1-14(2)21(3,13-22)24-18(26)12-29-20-23-17-9-5-4-8-16(17)19(27)25(20)11-15-7-6-10-28-15/h4-10,14H,11-12H2,1-3H3,(H,24,26)/t21-/m1/s1. The predicted octanol–water partition coefficient (Wildman–Crippen LogP) is 3.18. The molecule has 3 aromatic rings. The molecule has 2 heterocycles. The Hall–Kier alpha value is -3.05. The van der Waals surface area contributed by atoms with Gasteiger partial charge in [-0.3, -0.25) is 14.2 Å². The van der Waals surface area contributed by atoms with E-state index in [1.165, 1.54) is 4.57 Å². The lowest BCUT2D eigenvalue weighted by Gasteiger charge is -2.27. The van der Waals surface area contributed by atoms with Gasteiger partial charge in [-0.15, -0.1) is 0 Å². The Morgan fingerprint density at radius 3 is 2.76 bits per heavy atom. The van der Waals surface area contributed by atoms with Crippen LogP contribution in [0.15, 0.2) is 57.0 Å². The molecule has 0 spiro atoms. The quantitative estimate of drug-likeness (QED) is 0.474. The van der Waals surface area contributed by atoms with Crippen LogP contribution in [0.1, 0.15) is 26.5 Å². The molecule has 2 aromatic heterocycles. The molecule has 29 heavy (non-hydrogen) atoms. The average Bonchev–Trinajstić information content (AvgIpc) is 3.22. The minimum absolute atomic E-state index is 0.0346. The second-order valence-electron chi connectivity index (χ2n) is 7.19. The van der Waals surface area contributed by atoms with Crippen LogP contribution in [0.5, 0.6) is 0 Å². The fourth-order valence-electron chi connectivity index (χ4n) is 2.71. The van der Waals surface area contributed by atoms with Gasteiger partial charge < -0.3 is 9.73 Å². The number of nitriles is 1. The number of rotatable bonds is 7. The third kappa shape index (κ3) is 4.51. The van der Waals surface area contributed by atoms with Crippen LogP contribution in [-0.4, -0.2) is 26.8 Å². The summed E-state index contributed by atoms with van der Waals surface area (Å²) in [6.07, 6.45) is 1.55. The van der Waals surface area contributed by atoms with Crippen molar-refractivity contribution in [3.63, 3.8) is 0 Å². The Morgan fingerprint density at radius 2 is 2.10 bits per heavy atom. The Balaban J connectivity index is 1.89. The maximum atomic E-state index is 13.0. The number of nitrogens with zero attached hydrogens (tertiary/aromatic N) is 3. The van der Waals surface area contributed by atoms with Crippen LogP contribution in [0.3, 0.4) is 0 Å². The first-order valence-electron chi connectivity index (χ1n) is 9.21. The predicted molar refractivity (Wildman–Crippen MR) is 112 cm³/mol. The molecule has 0 saturated carbocycles. The molecule has 150 valence electrons. The topological polar surface area (TPSA) is 101 Å². The summed E-state index contributed by atoms with van der Waals surface area (Å²) < 4.78 is 6.88. The summed E-state index contributed by atoms with van der Waals surface area (Å²) in [6.45, 7) is 5.67. The first kappa shape index (κ1) is 20.7. The van der Waals surface area contributed by atoms with Crippen molar-refractivity contribution >= 4 is 28.6 Å². The van der Waals surface area contributed by atoms with E-state index < -0.39 is 5.54 Å². The summed E-state index contributed by atoms with van der Waals surface area (Å²) in [5.74, 6) is 0.317.